The average Bonchev–Trinajstić information content (AvgIpc) is 3.24. The van der Waals surface area contributed by atoms with E-state index in [0.29, 0.717) is 30.2 Å². The van der Waals surface area contributed by atoms with Gasteiger partial charge in [0.2, 0.25) is 10.0 Å². The van der Waals surface area contributed by atoms with Crippen LogP contribution < -0.4 is 5.32 Å². The molecular formula is C20H23N5O3S. The van der Waals surface area contributed by atoms with E-state index in [-0.39, 0.29) is 10.5 Å². The van der Waals surface area contributed by atoms with Gasteiger partial charge in [-0.3, -0.25) is 4.79 Å². The third-order valence-electron chi connectivity index (χ3n) is 4.55. The van der Waals surface area contributed by atoms with E-state index in [0.717, 1.165) is 0 Å². The standard InChI is InChI=1S/C20H23N5O3S/c1-4-24(5-2)29(27,28)16-10-9-15(3)17(14-16)20(26)23-18-8-6-11-21-19(18)25-13-7-12-22-25/h6-14H,4-5H2,1-3H3,(H,23,26). The summed E-state index contributed by atoms with van der Waals surface area (Å²) in [4.78, 5) is 17.3. The van der Waals surface area contributed by atoms with Crippen molar-refractivity contribution in [2.45, 2.75) is 25.7 Å². The summed E-state index contributed by atoms with van der Waals surface area (Å²) >= 11 is 0. The molecule has 0 saturated carbocycles. The van der Waals surface area contributed by atoms with Crippen LogP contribution in [0, 0.1) is 6.92 Å². The summed E-state index contributed by atoms with van der Waals surface area (Å²) in [6.07, 6.45) is 4.95. The molecule has 1 amide bonds. The van der Waals surface area contributed by atoms with E-state index in [1.165, 1.54) is 16.4 Å². The monoisotopic (exact) mass is 413 g/mol. The lowest BCUT2D eigenvalue weighted by Crippen LogP contribution is -2.30. The Balaban J connectivity index is 1.96. The molecule has 2 aromatic heterocycles. The first-order valence-corrected chi connectivity index (χ1v) is 10.7. The van der Waals surface area contributed by atoms with Crippen LogP contribution in [-0.2, 0) is 10.0 Å². The summed E-state index contributed by atoms with van der Waals surface area (Å²) in [5.41, 5.74) is 1.43. The van der Waals surface area contributed by atoms with Crippen LogP contribution in [0.1, 0.15) is 29.8 Å². The van der Waals surface area contributed by atoms with Gasteiger partial charge in [0, 0.05) is 37.2 Å². The zero-order valence-electron chi connectivity index (χ0n) is 16.5. The number of nitrogens with one attached hydrogen (secondary N) is 1. The number of aryl methyl sites for hydroxylation is 1. The Bertz CT molecular complexity index is 1110. The fraction of sp³-hybridized carbons (Fsp3) is 0.250. The maximum Gasteiger partial charge on any atom is 0.256 e. The van der Waals surface area contributed by atoms with Crippen molar-refractivity contribution in [1.29, 1.82) is 0 Å². The number of rotatable bonds is 7. The number of carbonyl (C=O) groups excluding carboxylic acids is 1. The molecule has 0 saturated heterocycles. The van der Waals surface area contributed by atoms with Crippen molar-refractivity contribution < 1.29 is 13.2 Å². The fourth-order valence-corrected chi connectivity index (χ4v) is 4.46. The van der Waals surface area contributed by atoms with Gasteiger partial charge in [-0.2, -0.15) is 9.40 Å². The minimum absolute atomic E-state index is 0.0930. The van der Waals surface area contributed by atoms with Crippen LogP contribution in [0.3, 0.4) is 0 Å². The summed E-state index contributed by atoms with van der Waals surface area (Å²) in [6.45, 7) is 6.04. The van der Waals surface area contributed by atoms with Crippen LogP contribution in [0.4, 0.5) is 5.69 Å². The van der Waals surface area contributed by atoms with Gasteiger partial charge < -0.3 is 5.32 Å². The molecule has 9 heteroatoms. The van der Waals surface area contributed by atoms with Gasteiger partial charge in [-0.1, -0.05) is 19.9 Å². The summed E-state index contributed by atoms with van der Waals surface area (Å²) in [6, 6.07) is 9.76. The van der Waals surface area contributed by atoms with Crippen molar-refractivity contribution in [3.8, 4) is 5.82 Å². The van der Waals surface area contributed by atoms with Gasteiger partial charge in [0.15, 0.2) is 5.82 Å². The van der Waals surface area contributed by atoms with Crippen LogP contribution in [0.5, 0.6) is 0 Å². The molecular weight excluding hydrogens is 390 g/mol. The molecule has 1 N–H and O–H groups in total. The quantitative estimate of drug-likeness (QED) is 0.642. The lowest BCUT2D eigenvalue weighted by molar-refractivity contribution is 0.102. The molecule has 3 aromatic rings. The summed E-state index contributed by atoms with van der Waals surface area (Å²) < 4.78 is 28.5. The summed E-state index contributed by atoms with van der Waals surface area (Å²) in [5, 5.41) is 6.97. The van der Waals surface area contributed by atoms with Gasteiger partial charge in [0.05, 0.1) is 10.6 Å². The van der Waals surface area contributed by atoms with Crippen LogP contribution in [-0.4, -0.2) is 46.5 Å². The average molecular weight is 414 g/mol. The molecule has 8 nitrogen and oxygen atoms in total. The predicted molar refractivity (Wildman–Crippen MR) is 111 cm³/mol. The smallest absolute Gasteiger partial charge is 0.256 e. The van der Waals surface area contributed by atoms with Gasteiger partial charge in [-0.15, -0.1) is 0 Å². The second kappa shape index (κ2) is 8.54. The minimum Gasteiger partial charge on any atom is -0.319 e. The second-order valence-electron chi connectivity index (χ2n) is 6.35. The third kappa shape index (κ3) is 4.20. The van der Waals surface area contributed by atoms with Crippen molar-refractivity contribution in [1.82, 2.24) is 19.1 Å². The van der Waals surface area contributed by atoms with Gasteiger partial charge in [0.1, 0.15) is 0 Å². The van der Waals surface area contributed by atoms with Crippen LogP contribution in [0.2, 0.25) is 0 Å². The lowest BCUT2D eigenvalue weighted by Gasteiger charge is -2.19. The molecule has 0 bridgehead atoms. The first-order valence-electron chi connectivity index (χ1n) is 9.25. The maximum atomic E-state index is 13.0. The van der Waals surface area contributed by atoms with E-state index in [1.54, 1.807) is 68.3 Å². The first kappa shape index (κ1) is 20.7. The zero-order chi connectivity index (χ0) is 21.0. The molecule has 152 valence electrons. The van der Waals surface area contributed by atoms with Crippen LogP contribution in [0.25, 0.3) is 5.82 Å². The van der Waals surface area contributed by atoms with E-state index in [9.17, 15) is 13.2 Å². The largest absolute Gasteiger partial charge is 0.319 e. The number of anilines is 1. The number of carbonyl (C=O) groups is 1. The molecule has 1 aromatic carbocycles. The van der Waals surface area contributed by atoms with E-state index < -0.39 is 15.9 Å². The van der Waals surface area contributed by atoms with E-state index in [1.807, 2.05) is 0 Å². The first-order chi connectivity index (χ1) is 13.9. The summed E-state index contributed by atoms with van der Waals surface area (Å²) in [7, 11) is -3.66. The van der Waals surface area contributed by atoms with Gasteiger partial charge in [-0.25, -0.2) is 18.1 Å². The number of aromatic nitrogens is 3. The van der Waals surface area contributed by atoms with Crippen molar-refractivity contribution in [3.63, 3.8) is 0 Å². The van der Waals surface area contributed by atoms with Crippen molar-refractivity contribution in [2.24, 2.45) is 0 Å². The highest BCUT2D eigenvalue weighted by molar-refractivity contribution is 7.89. The van der Waals surface area contributed by atoms with Crippen molar-refractivity contribution >= 4 is 21.6 Å². The highest BCUT2D eigenvalue weighted by atomic mass is 32.2. The topological polar surface area (TPSA) is 97.2 Å². The maximum absolute atomic E-state index is 13.0. The van der Waals surface area contributed by atoms with Crippen LogP contribution >= 0.6 is 0 Å². The molecule has 0 aliphatic rings. The molecule has 3 rings (SSSR count). The van der Waals surface area contributed by atoms with Crippen molar-refractivity contribution in [2.75, 3.05) is 18.4 Å². The second-order valence-corrected chi connectivity index (χ2v) is 8.28. The molecule has 29 heavy (non-hydrogen) atoms. The van der Waals surface area contributed by atoms with E-state index >= 15 is 0 Å². The number of nitrogens with zero attached hydrogens (tertiary/aromatic N) is 4. The zero-order valence-corrected chi connectivity index (χ0v) is 17.3. The Kier molecular flexibility index (Phi) is 6.09. The highest BCUT2D eigenvalue weighted by Crippen LogP contribution is 2.22. The third-order valence-corrected chi connectivity index (χ3v) is 6.60. The van der Waals surface area contributed by atoms with Gasteiger partial charge in [-0.05, 0) is 42.8 Å². The van der Waals surface area contributed by atoms with Crippen LogP contribution in [0.15, 0.2) is 59.9 Å². The van der Waals surface area contributed by atoms with E-state index in [2.05, 4.69) is 15.4 Å². The normalized spacial score (nSPS) is 11.6. The number of pyridine rings is 1. The Hall–Kier alpha value is -3.04. The Morgan fingerprint density at radius 1 is 1.14 bits per heavy atom. The Morgan fingerprint density at radius 3 is 2.55 bits per heavy atom. The SMILES string of the molecule is CCN(CC)S(=O)(=O)c1ccc(C)c(C(=O)Nc2cccnc2-n2cccn2)c1. The molecule has 0 radical (unpaired) electrons. The Labute approximate surface area is 170 Å². The van der Waals surface area contributed by atoms with E-state index in [4.69, 9.17) is 0 Å². The molecule has 2 heterocycles. The van der Waals surface area contributed by atoms with Gasteiger partial charge >= 0.3 is 0 Å². The number of sulfonamides is 1. The van der Waals surface area contributed by atoms with Crippen molar-refractivity contribution in [3.05, 3.63) is 66.1 Å². The summed E-state index contributed by atoms with van der Waals surface area (Å²) in [5.74, 6) is 0.0518. The lowest BCUT2D eigenvalue weighted by atomic mass is 10.1. The molecule has 0 atom stereocenters. The molecule has 0 fully saturated rings. The van der Waals surface area contributed by atoms with Gasteiger partial charge in [0.25, 0.3) is 5.91 Å². The number of amides is 1. The molecule has 0 aliphatic heterocycles. The molecule has 0 unspecified atom stereocenters. The number of hydrogen-bond donors (Lipinski definition) is 1. The number of hydrogen-bond acceptors (Lipinski definition) is 5. The highest BCUT2D eigenvalue weighted by Gasteiger charge is 2.23. The minimum atomic E-state index is -3.66. The number of benzene rings is 1. The Morgan fingerprint density at radius 2 is 1.90 bits per heavy atom. The molecule has 0 aliphatic carbocycles. The predicted octanol–water partition coefficient (Wildman–Crippen LogP) is 2.86. The fourth-order valence-electron chi connectivity index (χ4n) is 2.98. The molecule has 0 spiro atoms.